The first-order chi connectivity index (χ1) is 13.8. The summed E-state index contributed by atoms with van der Waals surface area (Å²) >= 11 is 0. The van der Waals surface area contributed by atoms with Gasteiger partial charge in [0.1, 0.15) is 0 Å². The van der Waals surface area contributed by atoms with Crippen molar-refractivity contribution >= 4 is 0 Å². The minimum absolute atomic E-state index is 0.0638. The van der Waals surface area contributed by atoms with Gasteiger partial charge in [-0.2, -0.15) is 0 Å². The number of hydrogen-bond acceptors (Lipinski definition) is 4. The van der Waals surface area contributed by atoms with E-state index in [4.69, 9.17) is 0 Å². The molecular formula is C26H42O4. The molecule has 3 saturated carbocycles. The lowest BCUT2D eigenvalue weighted by Crippen LogP contribution is -2.46. The van der Waals surface area contributed by atoms with Gasteiger partial charge in [-0.3, -0.25) is 0 Å². The molecule has 4 nitrogen and oxygen atoms in total. The second-order valence-corrected chi connectivity index (χ2v) is 11.3. The van der Waals surface area contributed by atoms with E-state index in [0.29, 0.717) is 31.6 Å². The molecule has 0 aromatic rings. The van der Waals surface area contributed by atoms with Gasteiger partial charge in [0, 0.05) is 6.42 Å². The zero-order chi connectivity index (χ0) is 22.3. The largest absolute Gasteiger partial charge is 0.393 e. The van der Waals surface area contributed by atoms with E-state index in [9.17, 15) is 20.4 Å². The van der Waals surface area contributed by atoms with Crippen LogP contribution in [0.15, 0.2) is 35.5 Å². The van der Waals surface area contributed by atoms with Crippen LogP contribution >= 0.6 is 0 Å². The predicted octanol–water partition coefficient (Wildman–Crippen LogP) is 4.43. The minimum Gasteiger partial charge on any atom is -0.393 e. The Morgan fingerprint density at radius 2 is 1.80 bits per heavy atom. The molecule has 30 heavy (non-hydrogen) atoms. The van der Waals surface area contributed by atoms with Crippen molar-refractivity contribution in [2.24, 2.45) is 17.3 Å². The average Bonchev–Trinajstić information content (AvgIpc) is 3.00. The summed E-state index contributed by atoms with van der Waals surface area (Å²) in [5, 5.41) is 41.7. The van der Waals surface area contributed by atoms with Gasteiger partial charge in [0.25, 0.3) is 0 Å². The van der Waals surface area contributed by atoms with E-state index in [-0.39, 0.29) is 11.3 Å². The number of allylic oxidation sites excluding steroid dienone is 3. The van der Waals surface area contributed by atoms with E-state index < -0.39 is 23.4 Å². The molecule has 0 amide bonds. The maximum absolute atomic E-state index is 11.4. The normalized spacial score (nSPS) is 39.9. The molecule has 4 heteroatoms. The van der Waals surface area contributed by atoms with Gasteiger partial charge in [-0.05, 0) is 101 Å². The smallest absolute Gasteiger partial charge is 0.0811 e. The summed E-state index contributed by atoms with van der Waals surface area (Å²) in [6, 6.07) is 0. The van der Waals surface area contributed by atoms with E-state index in [2.05, 4.69) is 25.7 Å². The SMILES string of the molecule is C=C1/C(=C\C=C2/CCC[C@@]3(C)[C@H]2CC[C@@H]3[C@@](C)(O)CCC(C)(C)O)C[C@@H](O)C[C@@H]1O. The fraction of sp³-hybridized carbons (Fsp3) is 0.769. The van der Waals surface area contributed by atoms with E-state index in [1.807, 2.05) is 20.8 Å². The van der Waals surface area contributed by atoms with E-state index in [0.717, 1.165) is 43.3 Å². The molecule has 0 unspecified atom stereocenters. The topological polar surface area (TPSA) is 80.9 Å². The zero-order valence-electron chi connectivity index (χ0n) is 19.3. The summed E-state index contributed by atoms with van der Waals surface area (Å²) in [5.74, 6) is 0.676. The predicted molar refractivity (Wildman–Crippen MR) is 121 cm³/mol. The summed E-state index contributed by atoms with van der Waals surface area (Å²) in [6.45, 7) is 12.0. The molecule has 3 rings (SSSR count). The van der Waals surface area contributed by atoms with Gasteiger partial charge < -0.3 is 20.4 Å². The second-order valence-electron chi connectivity index (χ2n) is 11.3. The van der Waals surface area contributed by atoms with Crippen molar-refractivity contribution in [2.45, 2.75) is 109 Å². The molecule has 0 bridgehead atoms. The third-order valence-electron chi connectivity index (χ3n) is 8.22. The quantitative estimate of drug-likeness (QED) is 0.532. The number of hydrogen-bond donors (Lipinski definition) is 4. The van der Waals surface area contributed by atoms with Crippen LogP contribution in [-0.4, -0.2) is 43.8 Å². The van der Waals surface area contributed by atoms with E-state index >= 15 is 0 Å². The van der Waals surface area contributed by atoms with Crippen molar-refractivity contribution < 1.29 is 20.4 Å². The molecule has 3 fully saturated rings. The second kappa shape index (κ2) is 8.54. The Morgan fingerprint density at radius 3 is 2.47 bits per heavy atom. The molecule has 0 heterocycles. The molecule has 3 aliphatic carbocycles. The van der Waals surface area contributed by atoms with Crippen molar-refractivity contribution in [3.8, 4) is 0 Å². The van der Waals surface area contributed by atoms with Crippen molar-refractivity contribution in [3.05, 3.63) is 35.5 Å². The Kier molecular flexibility index (Phi) is 6.75. The Hall–Kier alpha value is -0.940. The molecule has 0 radical (unpaired) electrons. The number of fused-ring (bicyclic) bond motifs is 1. The molecule has 0 aliphatic heterocycles. The first-order valence-electron chi connectivity index (χ1n) is 11.7. The maximum atomic E-state index is 11.4. The van der Waals surface area contributed by atoms with Gasteiger partial charge in [0.2, 0.25) is 0 Å². The minimum atomic E-state index is -0.781. The Bertz CT molecular complexity index is 711. The van der Waals surface area contributed by atoms with E-state index in [1.165, 1.54) is 5.57 Å². The lowest BCUT2D eigenvalue weighted by molar-refractivity contribution is -0.0768. The monoisotopic (exact) mass is 418 g/mol. The van der Waals surface area contributed by atoms with Crippen LogP contribution in [0.25, 0.3) is 0 Å². The zero-order valence-corrected chi connectivity index (χ0v) is 19.3. The molecule has 0 aromatic carbocycles. The Labute approximate surface area is 182 Å². The van der Waals surface area contributed by atoms with Gasteiger partial charge >= 0.3 is 0 Å². The summed E-state index contributed by atoms with van der Waals surface area (Å²) in [7, 11) is 0. The summed E-state index contributed by atoms with van der Waals surface area (Å²) in [4.78, 5) is 0. The number of rotatable bonds is 5. The highest BCUT2D eigenvalue weighted by atomic mass is 16.3. The lowest BCUT2D eigenvalue weighted by Gasteiger charge is -2.47. The standard InChI is InChI=1S/C26H42O4/c1-17-19(15-20(27)16-22(17)28)9-8-18-7-6-12-25(4)21(18)10-11-23(25)26(5,30)14-13-24(2,3)29/h8-9,20-23,27-30H,1,6-7,10-16H2,2-5H3/b18-8+,19-9-/t20-,21+,22+,23+,25+,26+/m1/s1. The van der Waals surface area contributed by atoms with Gasteiger partial charge in [0.05, 0.1) is 23.4 Å². The van der Waals surface area contributed by atoms with Gasteiger partial charge in [-0.1, -0.05) is 31.2 Å². The number of aliphatic hydroxyl groups excluding tert-OH is 2. The van der Waals surface area contributed by atoms with Crippen LogP contribution in [0.2, 0.25) is 0 Å². The Morgan fingerprint density at radius 1 is 1.10 bits per heavy atom. The first-order valence-corrected chi connectivity index (χ1v) is 11.7. The van der Waals surface area contributed by atoms with Crippen molar-refractivity contribution in [1.82, 2.24) is 0 Å². The Balaban J connectivity index is 1.80. The molecule has 3 aliphatic rings. The van der Waals surface area contributed by atoms with Crippen LogP contribution in [0.5, 0.6) is 0 Å². The van der Waals surface area contributed by atoms with Crippen molar-refractivity contribution in [1.29, 1.82) is 0 Å². The van der Waals surface area contributed by atoms with Gasteiger partial charge in [-0.15, -0.1) is 0 Å². The van der Waals surface area contributed by atoms with Crippen LogP contribution in [0, 0.1) is 17.3 Å². The van der Waals surface area contributed by atoms with Gasteiger partial charge in [-0.25, -0.2) is 0 Å². The molecule has 6 atom stereocenters. The van der Waals surface area contributed by atoms with Crippen LogP contribution in [0.1, 0.15) is 85.5 Å². The van der Waals surface area contributed by atoms with Crippen LogP contribution < -0.4 is 0 Å². The fourth-order valence-electron chi connectivity index (χ4n) is 6.46. The summed E-state index contributed by atoms with van der Waals surface area (Å²) in [5.41, 5.74) is 1.64. The maximum Gasteiger partial charge on any atom is 0.0811 e. The fourth-order valence-corrected chi connectivity index (χ4v) is 6.46. The molecule has 0 aromatic heterocycles. The molecule has 170 valence electrons. The molecule has 4 N–H and O–H groups in total. The van der Waals surface area contributed by atoms with Crippen LogP contribution in [-0.2, 0) is 0 Å². The molecular weight excluding hydrogens is 376 g/mol. The summed E-state index contributed by atoms with van der Waals surface area (Å²) in [6.07, 6.45) is 10.7. The molecule has 0 spiro atoms. The van der Waals surface area contributed by atoms with Crippen LogP contribution in [0.3, 0.4) is 0 Å². The van der Waals surface area contributed by atoms with Gasteiger partial charge in [0.15, 0.2) is 0 Å². The third-order valence-corrected chi connectivity index (χ3v) is 8.22. The summed E-state index contributed by atoms with van der Waals surface area (Å²) < 4.78 is 0. The highest BCUT2D eigenvalue weighted by Gasteiger charge is 2.54. The first kappa shape index (κ1) is 23.7. The van der Waals surface area contributed by atoms with Crippen molar-refractivity contribution in [3.63, 3.8) is 0 Å². The van der Waals surface area contributed by atoms with E-state index in [1.54, 1.807) is 0 Å². The highest BCUT2D eigenvalue weighted by molar-refractivity contribution is 5.38. The van der Waals surface area contributed by atoms with Crippen molar-refractivity contribution in [2.75, 3.05) is 0 Å². The average molecular weight is 419 g/mol. The van der Waals surface area contributed by atoms with Crippen LogP contribution in [0.4, 0.5) is 0 Å². The molecule has 0 saturated heterocycles. The number of aliphatic hydroxyl groups is 4. The highest BCUT2D eigenvalue weighted by Crippen LogP contribution is 2.60. The lowest BCUT2D eigenvalue weighted by atomic mass is 9.59. The third kappa shape index (κ3) is 4.93.